The van der Waals surface area contributed by atoms with Crippen molar-refractivity contribution < 1.29 is 14.6 Å². The molecule has 2 N–H and O–H groups in total. The van der Waals surface area contributed by atoms with E-state index in [9.17, 15) is 4.79 Å². The zero-order chi connectivity index (χ0) is 15.1. The molecular weight excluding hydrogens is 286 g/mol. The largest absolute Gasteiger partial charge is 0.497 e. The highest BCUT2D eigenvalue weighted by Gasteiger charge is 2.09. The predicted molar refractivity (Wildman–Crippen MR) is 83.8 cm³/mol. The number of carbonyl (C=O) groups excluding carboxylic acids is 1. The highest BCUT2D eigenvalue weighted by atomic mass is 32.1. The molecule has 0 bridgehead atoms. The van der Waals surface area contributed by atoms with Crippen molar-refractivity contribution in [3.05, 3.63) is 46.2 Å². The molecule has 0 fully saturated rings. The van der Waals surface area contributed by atoms with Crippen LogP contribution in [0.4, 0.5) is 5.69 Å². The smallest absolute Gasteiger partial charge is 0.265 e. The fourth-order valence-corrected chi connectivity index (χ4v) is 2.40. The first-order chi connectivity index (χ1) is 10.2. The van der Waals surface area contributed by atoms with Gasteiger partial charge in [0.1, 0.15) is 5.75 Å². The molecule has 0 radical (unpaired) electrons. The van der Waals surface area contributed by atoms with Crippen LogP contribution >= 0.6 is 11.3 Å². The lowest BCUT2D eigenvalue weighted by Crippen LogP contribution is -2.09. The van der Waals surface area contributed by atoms with E-state index in [-0.39, 0.29) is 12.5 Å². The van der Waals surface area contributed by atoms with Crippen LogP contribution in [0, 0.1) is 11.8 Å². The predicted octanol–water partition coefficient (Wildman–Crippen LogP) is 2.74. The second kappa shape index (κ2) is 7.48. The molecule has 4 nitrogen and oxygen atoms in total. The van der Waals surface area contributed by atoms with E-state index in [0.717, 1.165) is 4.88 Å². The van der Waals surface area contributed by atoms with Gasteiger partial charge in [-0.05, 0) is 24.3 Å². The SMILES string of the molecule is COc1cccc(NC(=O)c2ccc(C#CCCO)s2)c1. The van der Waals surface area contributed by atoms with Gasteiger partial charge >= 0.3 is 0 Å². The number of ether oxygens (including phenoxy) is 1. The molecule has 0 unspecified atom stereocenters. The van der Waals surface area contributed by atoms with Gasteiger partial charge in [0.25, 0.3) is 5.91 Å². The summed E-state index contributed by atoms with van der Waals surface area (Å²) in [5.41, 5.74) is 0.681. The van der Waals surface area contributed by atoms with Crippen LogP contribution in [0.1, 0.15) is 21.0 Å². The first kappa shape index (κ1) is 15.1. The minimum absolute atomic E-state index is 0.0432. The van der Waals surface area contributed by atoms with Gasteiger partial charge in [-0.3, -0.25) is 4.79 Å². The van der Waals surface area contributed by atoms with Crippen molar-refractivity contribution in [2.75, 3.05) is 19.0 Å². The van der Waals surface area contributed by atoms with Gasteiger partial charge < -0.3 is 15.2 Å². The van der Waals surface area contributed by atoms with Gasteiger partial charge in [0, 0.05) is 18.2 Å². The van der Waals surface area contributed by atoms with E-state index in [0.29, 0.717) is 22.7 Å². The van der Waals surface area contributed by atoms with Gasteiger partial charge in [-0.15, -0.1) is 11.3 Å². The lowest BCUT2D eigenvalue weighted by atomic mass is 10.3. The van der Waals surface area contributed by atoms with Crippen molar-refractivity contribution in [1.82, 2.24) is 0 Å². The van der Waals surface area contributed by atoms with E-state index in [1.54, 1.807) is 31.4 Å². The van der Waals surface area contributed by atoms with Gasteiger partial charge in [0.2, 0.25) is 0 Å². The minimum Gasteiger partial charge on any atom is -0.497 e. The Hall–Kier alpha value is -2.29. The summed E-state index contributed by atoms with van der Waals surface area (Å²) in [6.45, 7) is 0.0432. The zero-order valence-corrected chi connectivity index (χ0v) is 12.4. The number of aliphatic hydroxyl groups excluding tert-OH is 1. The number of thiophene rings is 1. The van der Waals surface area contributed by atoms with Gasteiger partial charge in [0.15, 0.2) is 0 Å². The van der Waals surface area contributed by atoms with Crippen LogP contribution in [0.25, 0.3) is 0 Å². The summed E-state index contributed by atoms with van der Waals surface area (Å²) in [5, 5.41) is 11.5. The summed E-state index contributed by atoms with van der Waals surface area (Å²) >= 11 is 1.32. The van der Waals surface area contributed by atoms with Crippen molar-refractivity contribution in [2.24, 2.45) is 0 Å². The van der Waals surface area contributed by atoms with Crippen molar-refractivity contribution in [2.45, 2.75) is 6.42 Å². The number of hydrogen-bond acceptors (Lipinski definition) is 4. The summed E-state index contributed by atoms with van der Waals surface area (Å²) in [6.07, 6.45) is 0.434. The quantitative estimate of drug-likeness (QED) is 0.854. The van der Waals surface area contributed by atoms with Crippen LogP contribution in [0.15, 0.2) is 36.4 Å². The highest BCUT2D eigenvalue weighted by molar-refractivity contribution is 7.14. The Morgan fingerprint density at radius 2 is 2.24 bits per heavy atom. The fraction of sp³-hybridized carbons (Fsp3) is 0.188. The van der Waals surface area contributed by atoms with Gasteiger partial charge in [0.05, 0.1) is 23.5 Å². The third-order valence-corrected chi connectivity index (χ3v) is 3.61. The number of methoxy groups -OCH3 is 1. The lowest BCUT2D eigenvalue weighted by molar-refractivity contribution is 0.103. The highest BCUT2D eigenvalue weighted by Crippen LogP contribution is 2.20. The van der Waals surface area contributed by atoms with Crippen molar-refractivity contribution >= 4 is 22.9 Å². The first-order valence-electron chi connectivity index (χ1n) is 6.38. The number of hydrogen-bond donors (Lipinski definition) is 2. The minimum atomic E-state index is -0.177. The molecule has 1 aromatic carbocycles. The molecule has 2 rings (SSSR count). The second-order valence-electron chi connectivity index (χ2n) is 4.13. The first-order valence-corrected chi connectivity index (χ1v) is 7.19. The molecule has 5 heteroatoms. The fourth-order valence-electron chi connectivity index (χ4n) is 1.63. The molecule has 2 aromatic rings. The number of aliphatic hydroxyl groups is 1. The van der Waals surface area contributed by atoms with Gasteiger partial charge in [-0.25, -0.2) is 0 Å². The molecule has 0 aliphatic rings. The van der Waals surface area contributed by atoms with Crippen LogP contribution in [0.5, 0.6) is 5.75 Å². The number of amides is 1. The average molecular weight is 301 g/mol. The topological polar surface area (TPSA) is 58.6 Å². The molecular formula is C16H15NO3S. The number of carbonyl (C=O) groups is 1. The molecule has 0 saturated heterocycles. The molecule has 108 valence electrons. The molecule has 1 aromatic heterocycles. The monoisotopic (exact) mass is 301 g/mol. The summed E-state index contributed by atoms with van der Waals surface area (Å²) in [7, 11) is 1.58. The number of nitrogens with one attached hydrogen (secondary N) is 1. The van der Waals surface area contributed by atoms with Crippen LogP contribution < -0.4 is 10.1 Å². The van der Waals surface area contributed by atoms with Crippen molar-refractivity contribution in [1.29, 1.82) is 0 Å². The Kier molecular flexibility index (Phi) is 5.38. The standard InChI is InChI=1S/C16H15NO3S/c1-20-13-6-4-5-12(11-13)17-16(19)15-9-8-14(21-15)7-2-3-10-18/h4-6,8-9,11,18H,3,10H2,1H3,(H,17,19). The van der Waals surface area contributed by atoms with E-state index >= 15 is 0 Å². The number of benzene rings is 1. The average Bonchev–Trinajstić information content (AvgIpc) is 2.97. The lowest BCUT2D eigenvalue weighted by Gasteiger charge is -2.05. The Morgan fingerprint density at radius 3 is 3.00 bits per heavy atom. The Labute approximate surface area is 127 Å². The molecule has 0 saturated carbocycles. The Morgan fingerprint density at radius 1 is 1.38 bits per heavy atom. The van der Waals surface area contributed by atoms with Crippen LogP contribution in [-0.2, 0) is 0 Å². The van der Waals surface area contributed by atoms with E-state index in [1.807, 2.05) is 12.1 Å². The summed E-state index contributed by atoms with van der Waals surface area (Å²) < 4.78 is 5.11. The van der Waals surface area contributed by atoms with E-state index in [1.165, 1.54) is 11.3 Å². The maximum Gasteiger partial charge on any atom is 0.265 e. The molecule has 0 atom stereocenters. The molecule has 1 heterocycles. The van der Waals surface area contributed by atoms with Crippen LogP contribution in [0.3, 0.4) is 0 Å². The van der Waals surface area contributed by atoms with Gasteiger partial charge in [-0.1, -0.05) is 17.9 Å². The normalized spacial score (nSPS) is 9.62. The summed E-state index contributed by atoms with van der Waals surface area (Å²) in [4.78, 5) is 13.5. The van der Waals surface area contributed by atoms with E-state index in [2.05, 4.69) is 17.2 Å². The van der Waals surface area contributed by atoms with Gasteiger partial charge in [-0.2, -0.15) is 0 Å². The molecule has 0 spiro atoms. The van der Waals surface area contributed by atoms with E-state index < -0.39 is 0 Å². The molecule has 0 aliphatic heterocycles. The van der Waals surface area contributed by atoms with Crippen molar-refractivity contribution in [3.63, 3.8) is 0 Å². The Balaban J connectivity index is 2.05. The molecule has 0 aliphatic carbocycles. The third-order valence-electron chi connectivity index (χ3n) is 2.61. The van der Waals surface area contributed by atoms with Crippen LogP contribution in [-0.4, -0.2) is 24.7 Å². The maximum absolute atomic E-state index is 12.1. The number of rotatable bonds is 4. The number of anilines is 1. The van der Waals surface area contributed by atoms with E-state index in [4.69, 9.17) is 9.84 Å². The maximum atomic E-state index is 12.1. The second-order valence-corrected chi connectivity index (χ2v) is 5.21. The van der Waals surface area contributed by atoms with Crippen molar-refractivity contribution in [3.8, 4) is 17.6 Å². The Bertz CT molecular complexity index is 682. The van der Waals surface area contributed by atoms with Crippen LogP contribution in [0.2, 0.25) is 0 Å². The third kappa shape index (κ3) is 4.35. The summed E-state index contributed by atoms with van der Waals surface area (Å²) in [5.74, 6) is 6.25. The molecule has 21 heavy (non-hydrogen) atoms. The summed E-state index contributed by atoms with van der Waals surface area (Å²) in [6, 6.07) is 10.7. The zero-order valence-electron chi connectivity index (χ0n) is 11.6. The molecule has 1 amide bonds.